The van der Waals surface area contributed by atoms with E-state index in [-0.39, 0.29) is 29.4 Å². The summed E-state index contributed by atoms with van der Waals surface area (Å²) in [4.78, 5) is 4.53. The van der Waals surface area contributed by atoms with Crippen LogP contribution in [0.2, 0.25) is 0 Å². The van der Waals surface area contributed by atoms with E-state index in [1.165, 1.54) is 24.8 Å². The van der Waals surface area contributed by atoms with Crippen LogP contribution in [0.1, 0.15) is 38.2 Å². The van der Waals surface area contributed by atoms with Crippen LogP contribution in [0.25, 0.3) is 0 Å². The van der Waals surface area contributed by atoms with Gasteiger partial charge in [-0.05, 0) is 37.0 Å². The Hall–Kier alpha value is -0.300. The van der Waals surface area contributed by atoms with E-state index in [1.54, 1.807) is 0 Å². The molecule has 1 aliphatic carbocycles. The third-order valence-corrected chi connectivity index (χ3v) is 4.40. The largest absolute Gasteiger partial charge is 0.370 e. The fourth-order valence-corrected chi connectivity index (χ4v) is 2.75. The van der Waals surface area contributed by atoms with Crippen LogP contribution in [-0.4, -0.2) is 19.0 Å². The van der Waals surface area contributed by atoms with Gasteiger partial charge in [-0.25, -0.2) is 0 Å². The Morgan fingerprint density at radius 1 is 1.35 bits per heavy atom. The minimum absolute atomic E-state index is 0. The maximum Gasteiger partial charge on any atom is 0.188 e. The molecule has 0 aliphatic heterocycles. The van der Waals surface area contributed by atoms with Gasteiger partial charge in [-0.3, -0.25) is 4.99 Å². The number of nitrogens with two attached hydrogens (primary N) is 1. The number of aliphatic imine (C=N–C) groups is 1. The Labute approximate surface area is 147 Å². The van der Waals surface area contributed by atoms with E-state index in [2.05, 4.69) is 57.4 Å². The molecule has 112 valence electrons. The summed E-state index contributed by atoms with van der Waals surface area (Å²) in [6, 6.07) is 8.62. The van der Waals surface area contributed by atoms with Gasteiger partial charge in [-0.2, -0.15) is 0 Å². The van der Waals surface area contributed by atoms with Crippen molar-refractivity contribution in [2.75, 3.05) is 13.1 Å². The van der Waals surface area contributed by atoms with Crippen molar-refractivity contribution in [1.82, 2.24) is 5.32 Å². The quantitative estimate of drug-likeness (QED) is 0.406. The molecule has 0 aromatic heterocycles. The molecule has 2 rings (SSSR count). The van der Waals surface area contributed by atoms with Gasteiger partial charge in [0.05, 0.1) is 6.54 Å². The second-order valence-corrected chi connectivity index (χ2v) is 6.18. The molecule has 3 N–H and O–H groups in total. The zero-order valence-electron chi connectivity index (χ0n) is 11.9. The average molecular weight is 452 g/mol. The van der Waals surface area contributed by atoms with Gasteiger partial charge in [0.15, 0.2) is 5.96 Å². The Morgan fingerprint density at radius 2 is 2.00 bits per heavy atom. The van der Waals surface area contributed by atoms with Crippen molar-refractivity contribution in [3.63, 3.8) is 0 Å². The number of halogens is 2. The summed E-state index contributed by atoms with van der Waals surface area (Å²) in [5, 5.41) is 3.13. The van der Waals surface area contributed by atoms with Gasteiger partial charge in [0, 0.05) is 16.4 Å². The van der Waals surface area contributed by atoms with Crippen LogP contribution in [0.15, 0.2) is 33.7 Å². The second kappa shape index (κ2) is 8.22. The molecule has 3 nitrogen and oxygen atoms in total. The Bertz CT molecular complexity index is 441. The minimum atomic E-state index is 0. The van der Waals surface area contributed by atoms with Crippen LogP contribution in [0, 0.1) is 0 Å². The zero-order valence-corrected chi connectivity index (χ0v) is 15.8. The first-order valence-electron chi connectivity index (χ1n) is 6.96. The molecule has 0 radical (unpaired) electrons. The van der Waals surface area contributed by atoms with E-state index in [1.807, 2.05) is 0 Å². The highest BCUT2D eigenvalue weighted by Gasteiger charge is 2.38. The second-order valence-electron chi connectivity index (χ2n) is 5.27. The third-order valence-electron chi connectivity index (χ3n) is 3.88. The molecule has 20 heavy (non-hydrogen) atoms. The predicted octanol–water partition coefficient (Wildman–Crippen LogP) is 3.80. The van der Waals surface area contributed by atoms with Crippen molar-refractivity contribution in [3.8, 4) is 0 Å². The summed E-state index contributed by atoms with van der Waals surface area (Å²) in [5.74, 6) is 0.574. The summed E-state index contributed by atoms with van der Waals surface area (Å²) in [6.07, 6.45) is 4.76. The number of nitrogens with one attached hydrogen (secondary N) is 1. The smallest absolute Gasteiger partial charge is 0.188 e. The number of hydrogen-bond donors (Lipinski definition) is 2. The number of hydrogen-bond acceptors (Lipinski definition) is 1. The van der Waals surface area contributed by atoms with Gasteiger partial charge in [0.1, 0.15) is 0 Å². The van der Waals surface area contributed by atoms with Gasteiger partial charge in [0.2, 0.25) is 0 Å². The van der Waals surface area contributed by atoms with Gasteiger partial charge in [0.25, 0.3) is 0 Å². The van der Waals surface area contributed by atoms with E-state index in [0.29, 0.717) is 5.96 Å². The number of nitrogens with zero attached hydrogens (tertiary/aromatic N) is 1. The van der Waals surface area contributed by atoms with E-state index in [0.717, 1.165) is 24.0 Å². The van der Waals surface area contributed by atoms with Crippen molar-refractivity contribution >= 4 is 45.9 Å². The highest BCUT2D eigenvalue weighted by atomic mass is 127. The normalized spacial score (nSPS) is 17.0. The predicted molar refractivity (Wildman–Crippen MR) is 99.9 cm³/mol. The fourth-order valence-electron chi connectivity index (χ4n) is 2.49. The lowest BCUT2D eigenvalue weighted by atomic mass is 9.64. The van der Waals surface area contributed by atoms with Crippen molar-refractivity contribution < 1.29 is 0 Å². The lowest BCUT2D eigenvalue weighted by molar-refractivity contribution is 0.253. The average Bonchev–Trinajstić information content (AvgIpc) is 2.37. The van der Waals surface area contributed by atoms with Gasteiger partial charge >= 0.3 is 0 Å². The fraction of sp³-hybridized carbons (Fsp3) is 0.533. The monoisotopic (exact) mass is 451 g/mol. The SMILES string of the molecule is CCCNC(N)=NCC1(c2ccc(Br)cc2)CCC1.I. The van der Waals surface area contributed by atoms with Crippen LogP contribution in [0.3, 0.4) is 0 Å². The lowest BCUT2D eigenvalue weighted by Crippen LogP contribution is -2.40. The van der Waals surface area contributed by atoms with Crippen LogP contribution in [0.4, 0.5) is 0 Å². The summed E-state index contributed by atoms with van der Waals surface area (Å²) < 4.78 is 1.12. The maximum atomic E-state index is 5.88. The molecule has 0 bridgehead atoms. The van der Waals surface area contributed by atoms with Gasteiger partial charge < -0.3 is 11.1 Å². The standard InChI is InChI=1S/C15H22BrN3.HI/c1-2-10-18-14(17)19-11-15(8-3-9-15)12-4-6-13(16)7-5-12;/h4-7H,2-3,8-11H2,1H3,(H3,17,18,19);1H. The molecular formula is C15H23BrIN3. The molecule has 1 fully saturated rings. The van der Waals surface area contributed by atoms with Crippen molar-refractivity contribution in [3.05, 3.63) is 34.3 Å². The first kappa shape index (κ1) is 17.8. The topological polar surface area (TPSA) is 50.4 Å². The Morgan fingerprint density at radius 3 is 2.50 bits per heavy atom. The number of rotatable bonds is 5. The number of guanidine groups is 1. The molecule has 5 heteroatoms. The van der Waals surface area contributed by atoms with Crippen LogP contribution in [-0.2, 0) is 5.41 Å². The molecule has 0 spiro atoms. The Balaban J connectivity index is 0.00000200. The first-order valence-corrected chi connectivity index (χ1v) is 7.75. The highest BCUT2D eigenvalue weighted by molar-refractivity contribution is 14.0. The third kappa shape index (κ3) is 4.35. The van der Waals surface area contributed by atoms with Crippen molar-refractivity contribution in [1.29, 1.82) is 0 Å². The van der Waals surface area contributed by atoms with E-state index < -0.39 is 0 Å². The highest BCUT2D eigenvalue weighted by Crippen LogP contribution is 2.44. The summed E-state index contributed by atoms with van der Waals surface area (Å²) in [7, 11) is 0. The summed E-state index contributed by atoms with van der Waals surface area (Å²) >= 11 is 3.49. The van der Waals surface area contributed by atoms with Gasteiger partial charge in [-0.1, -0.05) is 41.4 Å². The van der Waals surface area contributed by atoms with Crippen molar-refractivity contribution in [2.45, 2.75) is 38.0 Å². The van der Waals surface area contributed by atoms with Crippen molar-refractivity contribution in [2.24, 2.45) is 10.7 Å². The van der Waals surface area contributed by atoms with E-state index in [9.17, 15) is 0 Å². The van der Waals surface area contributed by atoms with Crippen LogP contribution in [0.5, 0.6) is 0 Å². The number of benzene rings is 1. The molecule has 1 saturated carbocycles. The van der Waals surface area contributed by atoms with E-state index in [4.69, 9.17) is 5.73 Å². The molecule has 1 aromatic carbocycles. The molecule has 0 amide bonds. The van der Waals surface area contributed by atoms with Gasteiger partial charge in [-0.15, -0.1) is 24.0 Å². The zero-order chi connectivity index (χ0) is 13.7. The van der Waals surface area contributed by atoms with Crippen LogP contribution >= 0.6 is 39.9 Å². The molecule has 1 aromatic rings. The lowest BCUT2D eigenvalue weighted by Gasteiger charge is -2.41. The molecule has 0 atom stereocenters. The maximum absolute atomic E-state index is 5.88. The molecule has 0 unspecified atom stereocenters. The minimum Gasteiger partial charge on any atom is -0.370 e. The summed E-state index contributed by atoms with van der Waals surface area (Å²) in [5.41, 5.74) is 7.47. The molecule has 1 aliphatic rings. The van der Waals surface area contributed by atoms with E-state index >= 15 is 0 Å². The summed E-state index contributed by atoms with van der Waals surface area (Å²) in [6.45, 7) is 3.80. The molecule has 0 saturated heterocycles. The molecule has 0 heterocycles. The molecular weight excluding hydrogens is 429 g/mol. The van der Waals surface area contributed by atoms with Crippen LogP contribution < -0.4 is 11.1 Å². The first-order chi connectivity index (χ1) is 9.16. The Kier molecular flexibility index (Phi) is 7.29.